The average molecular weight is 400 g/mol. The molecule has 1 fully saturated rings. The predicted octanol–water partition coefficient (Wildman–Crippen LogP) is 3.86. The molecule has 140 valence electrons. The molecule has 0 unspecified atom stereocenters. The number of piperidine rings is 1. The zero-order chi connectivity index (χ0) is 18.8. The second-order valence-electron chi connectivity index (χ2n) is 6.74. The van der Waals surface area contributed by atoms with Crippen LogP contribution in [-0.4, -0.2) is 39.2 Å². The fraction of sp³-hybridized carbons (Fsp3) is 0.350. The Hall–Kier alpha value is -2.12. The van der Waals surface area contributed by atoms with Crippen molar-refractivity contribution in [1.82, 2.24) is 14.5 Å². The Balaban J connectivity index is 1.69. The highest BCUT2D eigenvalue weighted by Gasteiger charge is 2.19. The zero-order valence-electron chi connectivity index (χ0n) is 15.2. The Labute approximate surface area is 166 Å². The van der Waals surface area contributed by atoms with Gasteiger partial charge in [-0.2, -0.15) is 0 Å². The molecule has 1 aliphatic heterocycles. The maximum atomic E-state index is 13.1. The highest BCUT2D eigenvalue weighted by Crippen LogP contribution is 2.24. The van der Waals surface area contributed by atoms with E-state index in [0.29, 0.717) is 21.1 Å². The van der Waals surface area contributed by atoms with E-state index in [2.05, 4.69) is 4.98 Å². The van der Waals surface area contributed by atoms with Gasteiger partial charge in [0.05, 0.1) is 17.0 Å². The van der Waals surface area contributed by atoms with Gasteiger partial charge in [0.1, 0.15) is 4.70 Å². The molecule has 4 rings (SSSR count). The van der Waals surface area contributed by atoms with Crippen LogP contribution in [0.3, 0.4) is 0 Å². The molecule has 1 saturated heterocycles. The molecule has 1 aromatic carbocycles. The van der Waals surface area contributed by atoms with Crippen LogP contribution in [0.2, 0.25) is 0 Å². The first kappa shape index (κ1) is 18.3. The third-order valence-corrected chi connectivity index (χ3v) is 6.56. The third-order valence-electron chi connectivity index (χ3n) is 4.74. The molecule has 0 radical (unpaired) electrons. The zero-order valence-corrected chi connectivity index (χ0v) is 16.8. The quantitative estimate of drug-likeness (QED) is 0.494. The van der Waals surface area contributed by atoms with Crippen LogP contribution in [0.25, 0.3) is 15.9 Å². The summed E-state index contributed by atoms with van der Waals surface area (Å²) >= 11 is 2.75. The van der Waals surface area contributed by atoms with E-state index in [0.717, 1.165) is 37.2 Å². The highest BCUT2D eigenvalue weighted by atomic mass is 32.2. The number of carbonyl (C=O) groups is 1. The van der Waals surface area contributed by atoms with E-state index in [1.807, 2.05) is 47.5 Å². The average Bonchev–Trinajstić information content (AvgIpc) is 3.16. The topological polar surface area (TPSA) is 55.2 Å². The van der Waals surface area contributed by atoms with Crippen molar-refractivity contribution in [2.24, 2.45) is 0 Å². The molecule has 3 aromatic rings. The lowest BCUT2D eigenvalue weighted by Gasteiger charge is -2.26. The van der Waals surface area contributed by atoms with Crippen molar-refractivity contribution in [3.8, 4) is 5.69 Å². The number of aromatic nitrogens is 2. The van der Waals surface area contributed by atoms with E-state index in [1.165, 1.54) is 29.5 Å². The van der Waals surface area contributed by atoms with Crippen molar-refractivity contribution in [3.05, 3.63) is 51.6 Å². The maximum Gasteiger partial charge on any atom is 0.276 e. The smallest absolute Gasteiger partial charge is 0.276 e. The maximum absolute atomic E-state index is 13.1. The second-order valence-corrected chi connectivity index (χ2v) is 8.60. The first-order valence-corrected chi connectivity index (χ1v) is 11.0. The molecule has 7 heteroatoms. The van der Waals surface area contributed by atoms with Gasteiger partial charge in [0.15, 0.2) is 5.16 Å². The Kier molecular flexibility index (Phi) is 5.31. The minimum Gasteiger partial charge on any atom is -0.342 e. The summed E-state index contributed by atoms with van der Waals surface area (Å²) in [6.07, 6.45) is 3.34. The fourth-order valence-electron chi connectivity index (χ4n) is 3.34. The number of carbonyl (C=O) groups excluding carboxylic acids is 1. The molecular formula is C20H21N3O2S2. The van der Waals surface area contributed by atoms with Gasteiger partial charge in [-0.05, 0) is 55.3 Å². The van der Waals surface area contributed by atoms with Crippen LogP contribution in [0.5, 0.6) is 0 Å². The van der Waals surface area contributed by atoms with Gasteiger partial charge in [0, 0.05) is 13.1 Å². The molecule has 0 aliphatic carbocycles. The number of hydrogen-bond donors (Lipinski definition) is 0. The molecule has 2 aromatic heterocycles. The fourth-order valence-corrected chi connectivity index (χ4v) is 5.02. The van der Waals surface area contributed by atoms with E-state index < -0.39 is 0 Å². The standard InChI is InChI=1S/C20H21N3O2S2/c1-14-6-5-7-15(12-14)23-19(25)18-16(8-11-26-18)21-20(23)27-13-17(24)22-9-3-2-4-10-22/h5-8,11-12H,2-4,9-10,13H2,1H3. The summed E-state index contributed by atoms with van der Waals surface area (Å²) in [5.74, 6) is 0.420. The van der Waals surface area contributed by atoms with Crippen LogP contribution in [0.4, 0.5) is 0 Å². The summed E-state index contributed by atoms with van der Waals surface area (Å²) in [5.41, 5.74) is 2.48. The van der Waals surface area contributed by atoms with Crippen LogP contribution >= 0.6 is 23.1 Å². The summed E-state index contributed by atoms with van der Waals surface area (Å²) in [6, 6.07) is 9.67. The van der Waals surface area contributed by atoms with Gasteiger partial charge in [0.2, 0.25) is 5.91 Å². The van der Waals surface area contributed by atoms with Crippen molar-refractivity contribution in [3.63, 3.8) is 0 Å². The Morgan fingerprint density at radius 2 is 2.04 bits per heavy atom. The summed E-state index contributed by atoms with van der Waals surface area (Å²) in [6.45, 7) is 3.67. The number of likely N-dealkylation sites (tertiary alicyclic amines) is 1. The van der Waals surface area contributed by atoms with Gasteiger partial charge >= 0.3 is 0 Å². The molecule has 0 saturated carbocycles. The van der Waals surface area contributed by atoms with Crippen molar-refractivity contribution < 1.29 is 4.79 Å². The van der Waals surface area contributed by atoms with Crippen LogP contribution in [0.15, 0.2) is 45.7 Å². The number of rotatable bonds is 4. The SMILES string of the molecule is Cc1cccc(-n2c(SCC(=O)N3CCCCC3)nc3ccsc3c2=O)c1. The normalized spacial score (nSPS) is 14.6. The van der Waals surface area contributed by atoms with Gasteiger partial charge < -0.3 is 4.90 Å². The number of amides is 1. The number of thioether (sulfide) groups is 1. The molecule has 0 N–H and O–H groups in total. The van der Waals surface area contributed by atoms with Crippen molar-refractivity contribution in [2.45, 2.75) is 31.3 Å². The van der Waals surface area contributed by atoms with E-state index in [9.17, 15) is 9.59 Å². The van der Waals surface area contributed by atoms with Crippen molar-refractivity contribution in [1.29, 1.82) is 0 Å². The highest BCUT2D eigenvalue weighted by molar-refractivity contribution is 7.99. The molecule has 27 heavy (non-hydrogen) atoms. The summed E-state index contributed by atoms with van der Waals surface area (Å²) < 4.78 is 2.28. The number of nitrogens with zero attached hydrogens (tertiary/aromatic N) is 3. The minimum atomic E-state index is -0.0754. The van der Waals surface area contributed by atoms with Crippen LogP contribution in [0.1, 0.15) is 24.8 Å². The van der Waals surface area contributed by atoms with E-state index in [-0.39, 0.29) is 11.5 Å². The molecule has 0 spiro atoms. The first-order chi connectivity index (χ1) is 13.1. The van der Waals surface area contributed by atoms with Crippen LogP contribution in [0, 0.1) is 6.92 Å². The number of benzene rings is 1. The number of aryl methyl sites for hydroxylation is 1. The Bertz CT molecular complexity index is 1040. The van der Waals surface area contributed by atoms with E-state index in [4.69, 9.17) is 0 Å². The minimum absolute atomic E-state index is 0.0754. The van der Waals surface area contributed by atoms with E-state index in [1.54, 1.807) is 4.57 Å². The van der Waals surface area contributed by atoms with Gasteiger partial charge in [-0.25, -0.2) is 4.98 Å². The molecule has 3 heterocycles. The molecule has 0 atom stereocenters. The molecule has 1 aliphatic rings. The molecular weight excluding hydrogens is 378 g/mol. The lowest BCUT2D eigenvalue weighted by Crippen LogP contribution is -2.36. The monoisotopic (exact) mass is 399 g/mol. The van der Waals surface area contributed by atoms with Gasteiger partial charge in [0.25, 0.3) is 5.56 Å². The van der Waals surface area contributed by atoms with Gasteiger partial charge in [-0.3, -0.25) is 14.2 Å². The number of thiophene rings is 1. The first-order valence-electron chi connectivity index (χ1n) is 9.11. The lowest BCUT2D eigenvalue weighted by atomic mass is 10.1. The van der Waals surface area contributed by atoms with Crippen LogP contribution in [-0.2, 0) is 4.79 Å². The van der Waals surface area contributed by atoms with Crippen molar-refractivity contribution in [2.75, 3.05) is 18.8 Å². The Morgan fingerprint density at radius 3 is 2.81 bits per heavy atom. The third kappa shape index (κ3) is 3.80. The second kappa shape index (κ2) is 7.86. The van der Waals surface area contributed by atoms with Crippen molar-refractivity contribution >= 4 is 39.2 Å². The number of fused-ring (bicyclic) bond motifs is 1. The number of hydrogen-bond acceptors (Lipinski definition) is 5. The van der Waals surface area contributed by atoms with Gasteiger partial charge in [-0.1, -0.05) is 23.9 Å². The lowest BCUT2D eigenvalue weighted by molar-refractivity contribution is -0.129. The summed E-state index contributed by atoms with van der Waals surface area (Å²) in [7, 11) is 0. The summed E-state index contributed by atoms with van der Waals surface area (Å²) in [5, 5.41) is 2.45. The van der Waals surface area contributed by atoms with E-state index >= 15 is 0 Å². The predicted molar refractivity (Wildman–Crippen MR) is 111 cm³/mol. The largest absolute Gasteiger partial charge is 0.342 e. The Morgan fingerprint density at radius 1 is 1.22 bits per heavy atom. The molecule has 0 bridgehead atoms. The molecule has 5 nitrogen and oxygen atoms in total. The summed E-state index contributed by atoms with van der Waals surface area (Å²) in [4.78, 5) is 32.3. The molecule has 1 amide bonds. The van der Waals surface area contributed by atoms with Crippen LogP contribution < -0.4 is 5.56 Å². The van der Waals surface area contributed by atoms with Gasteiger partial charge in [-0.15, -0.1) is 11.3 Å².